The molecule has 0 spiro atoms. The van der Waals surface area contributed by atoms with Crippen molar-refractivity contribution in [3.63, 3.8) is 0 Å². The molecule has 2 rings (SSSR count). The molecule has 18 heavy (non-hydrogen) atoms. The second kappa shape index (κ2) is 4.55. The molecule has 0 atom stereocenters. The summed E-state index contributed by atoms with van der Waals surface area (Å²) >= 11 is 0. The van der Waals surface area contributed by atoms with E-state index in [1.165, 1.54) is 12.1 Å². The molecule has 0 fully saturated rings. The molecule has 0 amide bonds. The van der Waals surface area contributed by atoms with Gasteiger partial charge in [-0.3, -0.25) is 4.79 Å². The minimum atomic E-state index is -4.72. The minimum absolute atomic E-state index is 0.103. The van der Waals surface area contributed by atoms with E-state index in [0.717, 1.165) is 12.1 Å². The van der Waals surface area contributed by atoms with E-state index in [2.05, 4.69) is 0 Å². The molecule has 0 unspecified atom stereocenters. The molecular weight excluding hydrogens is 248 g/mol. The Morgan fingerprint density at radius 3 is 2.44 bits per heavy atom. The van der Waals surface area contributed by atoms with Crippen LogP contribution < -0.4 is 0 Å². The topological polar surface area (TPSA) is 17.1 Å². The summed E-state index contributed by atoms with van der Waals surface area (Å²) in [7, 11) is 0. The maximum Gasteiger partial charge on any atom is 0.419 e. The summed E-state index contributed by atoms with van der Waals surface area (Å²) in [6.07, 6.45) is -1.81. The summed E-state index contributed by atoms with van der Waals surface area (Å²) in [5.41, 5.74) is -0.493. The summed E-state index contributed by atoms with van der Waals surface area (Å²) in [5, 5.41) is 0. The van der Waals surface area contributed by atoms with Crippen LogP contribution in [0.4, 0.5) is 17.6 Å². The number of hydrogen-bond donors (Lipinski definition) is 0. The van der Waals surface area contributed by atoms with Crippen molar-refractivity contribution >= 4 is 11.4 Å². The van der Waals surface area contributed by atoms with Crippen molar-refractivity contribution in [3.05, 3.63) is 41.2 Å². The summed E-state index contributed by atoms with van der Waals surface area (Å²) in [4.78, 5) is 11.2. The summed E-state index contributed by atoms with van der Waals surface area (Å²) in [5.74, 6) is -1.40. The van der Waals surface area contributed by atoms with Gasteiger partial charge in [-0.15, -0.1) is 0 Å². The Morgan fingerprint density at radius 2 is 1.83 bits per heavy atom. The van der Waals surface area contributed by atoms with Crippen LogP contribution in [0.5, 0.6) is 0 Å². The number of carbonyl (C=O) groups excluding carboxylic acids is 1. The SMILES string of the molecule is O=C1C=C(c2ccc(F)c(C(F)(F)F)c2)CCC1. The summed E-state index contributed by atoms with van der Waals surface area (Å²) < 4.78 is 50.7. The fourth-order valence-corrected chi connectivity index (χ4v) is 1.96. The Hall–Kier alpha value is -1.65. The van der Waals surface area contributed by atoms with Crippen molar-refractivity contribution in [2.24, 2.45) is 0 Å². The Balaban J connectivity index is 2.44. The maximum absolute atomic E-state index is 13.1. The third-order valence-electron chi connectivity index (χ3n) is 2.85. The highest BCUT2D eigenvalue weighted by molar-refractivity contribution is 5.98. The molecule has 0 heterocycles. The van der Waals surface area contributed by atoms with Crippen molar-refractivity contribution in [1.82, 2.24) is 0 Å². The highest BCUT2D eigenvalue weighted by Gasteiger charge is 2.34. The van der Waals surface area contributed by atoms with Crippen LogP contribution >= 0.6 is 0 Å². The van der Waals surface area contributed by atoms with Gasteiger partial charge in [0.25, 0.3) is 0 Å². The number of hydrogen-bond acceptors (Lipinski definition) is 1. The number of benzene rings is 1. The first-order chi connectivity index (χ1) is 8.38. The van der Waals surface area contributed by atoms with Gasteiger partial charge in [0.1, 0.15) is 5.82 Å². The third kappa shape index (κ3) is 2.60. The van der Waals surface area contributed by atoms with Gasteiger partial charge in [-0.1, -0.05) is 6.07 Å². The van der Waals surface area contributed by atoms with Gasteiger partial charge in [0.15, 0.2) is 5.78 Å². The van der Waals surface area contributed by atoms with E-state index in [-0.39, 0.29) is 11.3 Å². The van der Waals surface area contributed by atoms with Gasteiger partial charge in [-0.05, 0) is 42.2 Å². The fourth-order valence-electron chi connectivity index (χ4n) is 1.96. The number of carbonyl (C=O) groups is 1. The Bertz CT molecular complexity index is 514. The lowest BCUT2D eigenvalue weighted by atomic mass is 9.92. The molecule has 1 aromatic rings. The summed E-state index contributed by atoms with van der Waals surface area (Å²) in [6, 6.07) is 2.83. The highest BCUT2D eigenvalue weighted by atomic mass is 19.4. The van der Waals surface area contributed by atoms with E-state index in [4.69, 9.17) is 0 Å². The van der Waals surface area contributed by atoms with E-state index in [1.807, 2.05) is 0 Å². The van der Waals surface area contributed by atoms with Crippen LogP contribution in [0, 0.1) is 5.82 Å². The lowest BCUT2D eigenvalue weighted by Crippen LogP contribution is -2.09. The molecule has 0 N–H and O–H groups in total. The Morgan fingerprint density at radius 1 is 1.11 bits per heavy atom. The van der Waals surface area contributed by atoms with Crippen molar-refractivity contribution in [3.8, 4) is 0 Å². The van der Waals surface area contributed by atoms with Crippen LogP contribution in [0.15, 0.2) is 24.3 Å². The molecule has 1 aliphatic carbocycles. The van der Waals surface area contributed by atoms with Gasteiger partial charge in [-0.25, -0.2) is 4.39 Å². The average Bonchev–Trinajstić information content (AvgIpc) is 2.28. The monoisotopic (exact) mass is 258 g/mol. The first-order valence-electron chi connectivity index (χ1n) is 5.48. The Kier molecular flexibility index (Phi) is 3.24. The van der Waals surface area contributed by atoms with Crippen molar-refractivity contribution in [2.45, 2.75) is 25.4 Å². The van der Waals surface area contributed by atoms with Gasteiger partial charge in [0, 0.05) is 6.42 Å². The van der Waals surface area contributed by atoms with Crippen LogP contribution in [0.3, 0.4) is 0 Å². The van der Waals surface area contributed by atoms with E-state index >= 15 is 0 Å². The zero-order valence-electron chi connectivity index (χ0n) is 9.35. The molecular formula is C13H10F4O. The molecule has 1 aromatic carbocycles. The van der Waals surface area contributed by atoms with Crippen LogP contribution in [-0.2, 0) is 11.0 Å². The molecule has 0 bridgehead atoms. The third-order valence-corrected chi connectivity index (χ3v) is 2.85. The van der Waals surface area contributed by atoms with Gasteiger partial charge in [0.05, 0.1) is 5.56 Å². The van der Waals surface area contributed by atoms with E-state index in [1.54, 1.807) is 0 Å². The van der Waals surface area contributed by atoms with E-state index in [0.29, 0.717) is 24.8 Å². The molecule has 5 heteroatoms. The van der Waals surface area contributed by atoms with Crippen molar-refractivity contribution in [2.75, 3.05) is 0 Å². The molecule has 96 valence electrons. The zero-order chi connectivity index (χ0) is 13.3. The molecule has 0 saturated heterocycles. The second-order valence-electron chi connectivity index (χ2n) is 4.18. The van der Waals surface area contributed by atoms with Crippen LogP contribution in [-0.4, -0.2) is 5.78 Å². The van der Waals surface area contributed by atoms with Crippen molar-refractivity contribution in [1.29, 1.82) is 0 Å². The predicted molar refractivity (Wildman–Crippen MR) is 58.2 cm³/mol. The molecule has 1 aliphatic rings. The lowest BCUT2D eigenvalue weighted by molar-refractivity contribution is -0.140. The number of alkyl halides is 3. The van der Waals surface area contributed by atoms with Gasteiger partial charge in [0.2, 0.25) is 0 Å². The minimum Gasteiger partial charge on any atom is -0.295 e. The quantitative estimate of drug-likeness (QED) is 0.696. The van der Waals surface area contributed by atoms with Gasteiger partial charge >= 0.3 is 6.18 Å². The normalized spacial score (nSPS) is 16.7. The van der Waals surface area contributed by atoms with Gasteiger partial charge in [-0.2, -0.15) is 13.2 Å². The molecule has 1 nitrogen and oxygen atoms in total. The highest BCUT2D eigenvalue weighted by Crippen LogP contribution is 2.34. The number of ketones is 1. The maximum atomic E-state index is 13.1. The average molecular weight is 258 g/mol. The first-order valence-corrected chi connectivity index (χ1v) is 5.48. The number of halogens is 4. The standard InChI is InChI=1S/C13H10F4O/c14-12-5-4-9(7-11(12)13(15,16)17)8-2-1-3-10(18)6-8/h4-7H,1-3H2. The molecule has 0 radical (unpaired) electrons. The molecule has 0 aliphatic heterocycles. The van der Waals surface area contributed by atoms with E-state index in [9.17, 15) is 22.4 Å². The fraction of sp³-hybridized carbons (Fsp3) is 0.308. The largest absolute Gasteiger partial charge is 0.419 e. The van der Waals surface area contributed by atoms with Crippen LogP contribution in [0.1, 0.15) is 30.4 Å². The van der Waals surface area contributed by atoms with E-state index < -0.39 is 17.6 Å². The zero-order valence-corrected chi connectivity index (χ0v) is 9.35. The van der Waals surface area contributed by atoms with Crippen LogP contribution in [0.25, 0.3) is 5.57 Å². The van der Waals surface area contributed by atoms with Crippen molar-refractivity contribution < 1.29 is 22.4 Å². The smallest absolute Gasteiger partial charge is 0.295 e. The van der Waals surface area contributed by atoms with Crippen LogP contribution in [0.2, 0.25) is 0 Å². The summed E-state index contributed by atoms with van der Waals surface area (Å²) in [6.45, 7) is 0. The van der Waals surface area contributed by atoms with Gasteiger partial charge < -0.3 is 0 Å². The second-order valence-corrected chi connectivity index (χ2v) is 4.18. The number of rotatable bonds is 1. The lowest BCUT2D eigenvalue weighted by Gasteiger charge is -2.14. The Labute approximate surface area is 101 Å². The predicted octanol–water partition coefficient (Wildman–Crippen LogP) is 3.98. The molecule has 0 aromatic heterocycles. The molecule has 0 saturated carbocycles. The number of allylic oxidation sites excluding steroid dienone is 2. The first kappa shape index (κ1) is 12.8.